The Labute approximate surface area is 104 Å². The maximum absolute atomic E-state index is 9.31. The highest BCUT2D eigenvalue weighted by Crippen LogP contribution is 2.18. The highest BCUT2D eigenvalue weighted by atomic mass is 16.7. The molecule has 0 bridgehead atoms. The van der Waals surface area contributed by atoms with Gasteiger partial charge in [-0.15, -0.1) is 0 Å². The van der Waals surface area contributed by atoms with Crippen LogP contribution in [-0.4, -0.2) is 24.1 Å². The summed E-state index contributed by atoms with van der Waals surface area (Å²) in [6.45, 7) is 4.45. The molecule has 1 aliphatic rings. The predicted molar refractivity (Wildman–Crippen MR) is 68.4 cm³/mol. The van der Waals surface area contributed by atoms with Gasteiger partial charge in [0, 0.05) is 0 Å². The molecule has 0 fully saturated rings. The maximum Gasteiger partial charge on any atom is 0.219 e. The smallest absolute Gasteiger partial charge is 0.219 e. The van der Waals surface area contributed by atoms with E-state index in [1.54, 1.807) is 6.26 Å². The molecule has 0 aliphatic carbocycles. The van der Waals surface area contributed by atoms with Crippen LogP contribution in [0.4, 0.5) is 0 Å². The average Bonchev–Trinajstić information content (AvgIpc) is 2.36. The van der Waals surface area contributed by atoms with E-state index >= 15 is 0 Å². The van der Waals surface area contributed by atoms with Gasteiger partial charge < -0.3 is 14.6 Å². The van der Waals surface area contributed by atoms with Gasteiger partial charge in [0.25, 0.3) is 0 Å². The Morgan fingerprint density at radius 1 is 1.41 bits per heavy atom. The largest absolute Gasteiger partial charge is 0.469 e. The molecule has 0 spiro atoms. The lowest BCUT2D eigenvalue weighted by Crippen LogP contribution is -2.27. The van der Waals surface area contributed by atoms with E-state index in [0.717, 1.165) is 6.42 Å². The third-order valence-corrected chi connectivity index (χ3v) is 2.92. The van der Waals surface area contributed by atoms with E-state index in [9.17, 15) is 5.11 Å². The van der Waals surface area contributed by atoms with Gasteiger partial charge in [-0.1, -0.05) is 39.2 Å². The second-order valence-corrected chi connectivity index (χ2v) is 4.64. The Hall–Kier alpha value is -0.800. The summed E-state index contributed by atoms with van der Waals surface area (Å²) >= 11 is 0. The average molecular weight is 240 g/mol. The Bertz CT molecular complexity index is 248. The SMILES string of the molecule is CCCC[C@H](C)CC(CO)O[C@@H]1C=CC=CO1. The molecule has 3 atom stereocenters. The topological polar surface area (TPSA) is 38.7 Å². The van der Waals surface area contributed by atoms with Gasteiger partial charge in [-0.05, 0) is 24.5 Å². The standard InChI is InChI=1S/C14H24O3/c1-3-4-7-12(2)10-13(11-15)17-14-8-5-6-9-16-14/h5-6,8-9,12-15H,3-4,7,10-11H2,1-2H3/t12-,13?,14+/m0/s1. The highest BCUT2D eigenvalue weighted by Gasteiger charge is 2.17. The quantitative estimate of drug-likeness (QED) is 0.709. The van der Waals surface area contributed by atoms with Gasteiger partial charge in [-0.2, -0.15) is 0 Å². The number of allylic oxidation sites excluding steroid dienone is 2. The van der Waals surface area contributed by atoms with E-state index in [4.69, 9.17) is 9.47 Å². The molecule has 1 N–H and O–H groups in total. The minimum atomic E-state index is -0.351. The summed E-state index contributed by atoms with van der Waals surface area (Å²) in [6.07, 6.45) is 11.2. The summed E-state index contributed by atoms with van der Waals surface area (Å²) in [5.74, 6) is 0.579. The van der Waals surface area contributed by atoms with Crippen LogP contribution < -0.4 is 0 Å². The fourth-order valence-corrected chi connectivity index (χ4v) is 1.93. The first-order chi connectivity index (χ1) is 8.26. The Kier molecular flexibility index (Phi) is 6.97. The summed E-state index contributed by atoms with van der Waals surface area (Å²) in [5.41, 5.74) is 0. The third-order valence-electron chi connectivity index (χ3n) is 2.92. The lowest BCUT2D eigenvalue weighted by molar-refractivity contribution is -0.130. The van der Waals surface area contributed by atoms with Crippen molar-refractivity contribution in [3.8, 4) is 0 Å². The van der Waals surface area contributed by atoms with Crippen molar-refractivity contribution in [3.63, 3.8) is 0 Å². The minimum absolute atomic E-state index is 0.0495. The summed E-state index contributed by atoms with van der Waals surface area (Å²) in [5, 5.41) is 9.31. The molecule has 3 nitrogen and oxygen atoms in total. The van der Waals surface area contributed by atoms with Gasteiger partial charge in [-0.3, -0.25) is 0 Å². The second kappa shape index (κ2) is 8.31. The van der Waals surface area contributed by atoms with Gasteiger partial charge in [0.2, 0.25) is 6.29 Å². The van der Waals surface area contributed by atoms with Crippen molar-refractivity contribution in [1.82, 2.24) is 0 Å². The number of aliphatic hydroxyl groups is 1. The number of unbranched alkanes of at least 4 members (excludes halogenated alkanes) is 1. The molecular formula is C14H24O3. The van der Waals surface area contributed by atoms with Gasteiger partial charge in [0.15, 0.2) is 0 Å². The van der Waals surface area contributed by atoms with Gasteiger partial charge in [-0.25, -0.2) is 0 Å². The highest BCUT2D eigenvalue weighted by molar-refractivity contribution is 5.05. The Morgan fingerprint density at radius 2 is 2.24 bits per heavy atom. The lowest BCUT2D eigenvalue weighted by Gasteiger charge is -2.24. The molecule has 17 heavy (non-hydrogen) atoms. The first kappa shape index (κ1) is 14.3. The van der Waals surface area contributed by atoms with Crippen LogP contribution in [0.25, 0.3) is 0 Å². The maximum atomic E-state index is 9.31. The molecule has 0 amide bonds. The zero-order valence-electron chi connectivity index (χ0n) is 10.8. The van der Waals surface area contributed by atoms with Crippen LogP contribution in [0.15, 0.2) is 24.5 Å². The summed E-state index contributed by atoms with van der Waals surface area (Å²) < 4.78 is 11.0. The van der Waals surface area contributed by atoms with Crippen LogP contribution in [0.5, 0.6) is 0 Å². The van der Waals surface area contributed by atoms with Crippen LogP contribution in [0.2, 0.25) is 0 Å². The normalized spacial score (nSPS) is 22.2. The summed E-state index contributed by atoms with van der Waals surface area (Å²) in [7, 11) is 0. The van der Waals surface area contributed by atoms with Crippen molar-refractivity contribution < 1.29 is 14.6 Å². The monoisotopic (exact) mass is 240 g/mol. The molecule has 1 unspecified atom stereocenters. The van der Waals surface area contributed by atoms with Crippen molar-refractivity contribution in [3.05, 3.63) is 24.5 Å². The molecule has 0 saturated heterocycles. The Morgan fingerprint density at radius 3 is 2.82 bits per heavy atom. The van der Waals surface area contributed by atoms with E-state index in [1.807, 2.05) is 18.2 Å². The number of hydrogen-bond acceptors (Lipinski definition) is 3. The predicted octanol–water partition coefficient (Wildman–Crippen LogP) is 3.01. The van der Waals surface area contributed by atoms with Crippen LogP contribution in [0.3, 0.4) is 0 Å². The molecule has 3 heteroatoms. The Balaban J connectivity index is 2.27. The molecular weight excluding hydrogens is 216 g/mol. The molecule has 0 aromatic rings. The summed E-state index contributed by atoms with van der Waals surface area (Å²) in [4.78, 5) is 0. The second-order valence-electron chi connectivity index (χ2n) is 4.64. The van der Waals surface area contributed by atoms with Gasteiger partial charge in [0.1, 0.15) is 0 Å². The van der Waals surface area contributed by atoms with Crippen molar-refractivity contribution in [2.45, 2.75) is 51.9 Å². The molecule has 0 aromatic carbocycles. The van der Waals surface area contributed by atoms with Crippen LogP contribution in [-0.2, 0) is 9.47 Å². The van der Waals surface area contributed by atoms with E-state index in [1.165, 1.54) is 19.3 Å². The number of rotatable bonds is 8. The van der Waals surface area contributed by atoms with Crippen LogP contribution in [0.1, 0.15) is 39.5 Å². The first-order valence-corrected chi connectivity index (χ1v) is 6.51. The van der Waals surface area contributed by atoms with Crippen molar-refractivity contribution in [2.24, 2.45) is 5.92 Å². The summed E-state index contributed by atoms with van der Waals surface area (Å²) in [6, 6.07) is 0. The molecule has 1 heterocycles. The van der Waals surface area contributed by atoms with Gasteiger partial charge in [0.05, 0.1) is 19.0 Å². The van der Waals surface area contributed by atoms with E-state index < -0.39 is 0 Å². The van der Waals surface area contributed by atoms with Crippen molar-refractivity contribution in [1.29, 1.82) is 0 Å². The molecule has 98 valence electrons. The first-order valence-electron chi connectivity index (χ1n) is 6.51. The van der Waals surface area contributed by atoms with E-state index in [2.05, 4.69) is 13.8 Å². The fraction of sp³-hybridized carbons (Fsp3) is 0.714. The van der Waals surface area contributed by atoms with Crippen LogP contribution in [0, 0.1) is 5.92 Å². The van der Waals surface area contributed by atoms with Gasteiger partial charge >= 0.3 is 0 Å². The number of hydrogen-bond donors (Lipinski definition) is 1. The fourth-order valence-electron chi connectivity index (χ4n) is 1.93. The minimum Gasteiger partial charge on any atom is -0.469 e. The molecule has 0 saturated carbocycles. The van der Waals surface area contributed by atoms with E-state index in [-0.39, 0.29) is 19.0 Å². The zero-order chi connectivity index (χ0) is 12.5. The number of ether oxygens (including phenoxy) is 2. The molecule has 1 rings (SSSR count). The molecule has 1 aliphatic heterocycles. The van der Waals surface area contributed by atoms with Crippen molar-refractivity contribution >= 4 is 0 Å². The zero-order valence-corrected chi connectivity index (χ0v) is 10.8. The van der Waals surface area contributed by atoms with E-state index in [0.29, 0.717) is 5.92 Å². The third kappa shape index (κ3) is 5.89. The lowest BCUT2D eigenvalue weighted by atomic mass is 9.98. The number of aliphatic hydroxyl groups excluding tert-OH is 1. The van der Waals surface area contributed by atoms with Crippen LogP contribution >= 0.6 is 0 Å². The molecule has 0 aromatic heterocycles. The van der Waals surface area contributed by atoms with Crippen molar-refractivity contribution in [2.75, 3.05) is 6.61 Å². The molecule has 0 radical (unpaired) electrons.